The van der Waals surface area contributed by atoms with Gasteiger partial charge in [0.05, 0.1) is 13.5 Å². The fraction of sp³-hybridized carbons (Fsp3) is 0.800. The Morgan fingerprint density at radius 1 is 1.54 bits per heavy atom. The van der Waals surface area contributed by atoms with E-state index in [1.807, 2.05) is 6.92 Å². The van der Waals surface area contributed by atoms with Crippen molar-refractivity contribution in [3.63, 3.8) is 0 Å². The first-order valence-electron chi connectivity index (χ1n) is 4.75. The zero-order valence-corrected chi connectivity index (χ0v) is 8.21. The Morgan fingerprint density at radius 2 is 2.23 bits per heavy atom. The zero-order chi connectivity index (χ0) is 9.84. The first-order chi connectivity index (χ1) is 6.15. The zero-order valence-electron chi connectivity index (χ0n) is 8.21. The van der Waals surface area contributed by atoms with Crippen LogP contribution in [0.3, 0.4) is 0 Å². The molecule has 2 unspecified atom stereocenters. The summed E-state index contributed by atoms with van der Waals surface area (Å²) in [4.78, 5) is 22.5. The average Bonchev–Trinajstić information content (AvgIpc) is 2.13. The lowest BCUT2D eigenvalue weighted by molar-refractivity contribution is -0.145. The van der Waals surface area contributed by atoms with E-state index in [1.165, 1.54) is 7.11 Å². The predicted molar refractivity (Wildman–Crippen MR) is 48.1 cm³/mol. The van der Waals surface area contributed by atoms with Crippen LogP contribution in [0.1, 0.15) is 32.6 Å². The van der Waals surface area contributed by atoms with Gasteiger partial charge in [-0.1, -0.05) is 13.3 Å². The van der Waals surface area contributed by atoms with Crippen molar-refractivity contribution in [1.29, 1.82) is 0 Å². The summed E-state index contributed by atoms with van der Waals surface area (Å²) in [5, 5.41) is 0. The molecule has 3 nitrogen and oxygen atoms in total. The Bertz CT molecular complexity index is 210. The van der Waals surface area contributed by atoms with E-state index in [9.17, 15) is 9.59 Å². The van der Waals surface area contributed by atoms with E-state index >= 15 is 0 Å². The monoisotopic (exact) mass is 184 g/mol. The van der Waals surface area contributed by atoms with Gasteiger partial charge in [-0.15, -0.1) is 0 Å². The van der Waals surface area contributed by atoms with Gasteiger partial charge in [-0.3, -0.25) is 9.59 Å². The molecule has 3 heteroatoms. The minimum Gasteiger partial charge on any atom is -0.469 e. The average molecular weight is 184 g/mol. The number of Topliss-reactive ketones (excluding diaryl/α,β-unsaturated/α-hetero) is 1. The summed E-state index contributed by atoms with van der Waals surface area (Å²) in [5.41, 5.74) is 0. The van der Waals surface area contributed by atoms with Crippen LogP contribution in [0.2, 0.25) is 0 Å². The third-order valence-electron chi connectivity index (χ3n) is 2.72. The highest BCUT2D eigenvalue weighted by molar-refractivity contribution is 5.87. The Morgan fingerprint density at radius 3 is 2.85 bits per heavy atom. The number of ether oxygens (including phenoxy) is 1. The number of ketones is 1. The predicted octanol–water partition coefficient (Wildman–Crippen LogP) is 1.55. The molecule has 13 heavy (non-hydrogen) atoms. The summed E-state index contributed by atoms with van der Waals surface area (Å²) < 4.78 is 4.55. The molecule has 0 aromatic rings. The number of carbonyl (C=O) groups excluding carboxylic acids is 2. The molecule has 0 amide bonds. The minimum absolute atomic E-state index is 0.0869. The van der Waals surface area contributed by atoms with E-state index in [0.29, 0.717) is 0 Å². The maximum absolute atomic E-state index is 11.6. The van der Waals surface area contributed by atoms with Gasteiger partial charge in [-0.25, -0.2) is 0 Å². The Labute approximate surface area is 78.5 Å². The molecule has 0 N–H and O–H groups in total. The van der Waals surface area contributed by atoms with Crippen LogP contribution >= 0.6 is 0 Å². The van der Waals surface area contributed by atoms with Crippen molar-refractivity contribution in [2.45, 2.75) is 32.6 Å². The van der Waals surface area contributed by atoms with E-state index in [-0.39, 0.29) is 30.0 Å². The molecule has 0 aromatic carbocycles. The smallest absolute Gasteiger partial charge is 0.306 e. The lowest BCUT2D eigenvalue weighted by atomic mass is 9.79. The lowest BCUT2D eigenvalue weighted by Crippen LogP contribution is -2.28. The molecule has 1 aliphatic carbocycles. The van der Waals surface area contributed by atoms with Gasteiger partial charge in [-0.05, 0) is 12.8 Å². The third-order valence-corrected chi connectivity index (χ3v) is 2.72. The standard InChI is InChI=1S/C10H16O3/c1-7-4-3-5-8(10(7)12)6-9(11)13-2/h7-8H,3-6H2,1-2H3. The largest absolute Gasteiger partial charge is 0.469 e. The van der Waals surface area contributed by atoms with Crippen molar-refractivity contribution in [3.8, 4) is 0 Å². The van der Waals surface area contributed by atoms with Gasteiger partial charge in [0.2, 0.25) is 0 Å². The highest BCUT2D eigenvalue weighted by atomic mass is 16.5. The molecule has 0 aliphatic heterocycles. The Balaban J connectivity index is 2.49. The highest BCUT2D eigenvalue weighted by Crippen LogP contribution is 2.27. The molecule has 0 bridgehead atoms. The van der Waals surface area contributed by atoms with Crippen molar-refractivity contribution >= 4 is 11.8 Å². The van der Waals surface area contributed by atoms with Gasteiger partial charge in [0.15, 0.2) is 0 Å². The molecule has 1 aliphatic rings. The van der Waals surface area contributed by atoms with Crippen molar-refractivity contribution in [2.24, 2.45) is 11.8 Å². The molecule has 0 aromatic heterocycles. The Hall–Kier alpha value is -0.860. The molecule has 0 saturated heterocycles. The molecule has 1 fully saturated rings. The molecule has 1 saturated carbocycles. The van der Waals surface area contributed by atoms with Crippen molar-refractivity contribution < 1.29 is 14.3 Å². The molecular formula is C10H16O3. The van der Waals surface area contributed by atoms with Crippen LogP contribution in [-0.4, -0.2) is 18.9 Å². The molecule has 0 radical (unpaired) electrons. The summed E-state index contributed by atoms with van der Waals surface area (Å²) in [6.07, 6.45) is 3.13. The normalized spacial score (nSPS) is 28.6. The Kier molecular flexibility index (Phi) is 3.46. The molecule has 0 spiro atoms. The van der Waals surface area contributed by atoms with Gasteiger partial charge in [-0.2, -0.15) is 0 Å². The second-order valence-electron chi connectivity index (χ2n) is 3.71. The van der Waals surface area contributed by atoms with Crippen LogP contribution in [0.15, 0.2) is 0 Å². The minimum atomic E-state index is -0.271. The summed E-state index contributed by atoms with van der Waals surface area (Å²) in [6, 6.07) is 0. The summed E-state index contributed by atoms with van der Waals surface area (Å²) in [6.45, 7) is 1.94. The van der Waals surface area contributed by atoms with Gasteiger partial charge >= 0.3 is 5.97 Å². The van der Waals surface area contributed by atoms with Gasteiger partial charge in [0, 0.05) is 11.8 Å². The summed E-state index contributed by atoms with van der Waals surface area (Å²) in [7, 11) is 1.36. The number of carbonyl (C=O) groups is 2. The quantitative estimate of drug-likeness (QED) is 0.611. The SMILES string of the molecule is COC(=O)CC1CCCC(C)C1=O. The van der Waals surface area contributed by atoms with Crippen LogP contribution in [0.4, 0.5) is 0 Å². The number of methoxy groups -OCH3 is 1. The number of hydrogen-bond acceptors (Lipinski definition) is 3. The summed E-state index contributed by atoms with van der Waals surface area (Å²) >= 11 is 0. The molecule has 0 heterocycles. The van der Waals surface area contributed by atoms with Gasteiger partial charge < -0.3 is 4.74 Å². The lowest BCUT2D eigenvalue weighted by Gasteiger charge is -2.24. The fourth-order valence-electron chi connectivity index (χ4n) is 1.84. The van der Waals surface area contributed by atoms with Crippen LogP contribution in [-0.2, 0) is 14.3 Å². The van der Waals surface area contributed by atoms with Crippen LogP contribution in [0.25, 0.3) is 0 Å². The van der Waals surface area contributed by atoms with E-state index in [0.717, 1.165) is 19.3 Å². The second-order valence-corrected chi connectivity index (χ2v) is 3.71. The van der Waals surface area contributed by atoms with Crippen molar-refractivity contribution in [3.05, 3.63) is 0 Å². The highest BCUT2D eigenvalue weighted by Gasteiger charge is 2.29. The number of esters is 1. The molecule has 1 rings (SSSR count). The van der Waals surface area contributed by atoms with Crippen molar-refractivity contribution in [1.82, 2.24) is 0 Å². The first kappa shape index (κ1) is 10.2. The maximum atomic E-state index is 11.6. The third kappa shape index (κ3) is 2.54. The van der Waals surface area contributed by atoms with Gasteiger partial charge in [0.1, 0.15) is 5.78 Å². The van der Waals surface area contributed by atoms with E-state index in [4.69, 9.17) is 0 Å². The first-order valence-corrected chi connectivity index (χ1v) is 4.75. The maximum Gasteiger partial charge on any atom is 0.306 e. The molecule has 2 atom stereocenters. The van der Waals surface area contributed by atoms with Crippen molar-refractivity contribution in [2.75, 3.05) is 7.11 Å². The number of hydrogen-bond donors (Lipinski definition) is 0. The molecule has 74 valence electrons. The van der Waals surface area contributed by atoms with Crippen LogP contribution in [0.5, 0.6) is 0 Å². The van der Waals surface area contributed by atoms with E-state index < -0.39 is 0 Å². The molecular weight excluding hydrogens is 168 g/mol. The second kappa shape index (κ2) is 4.40. The fourth-order valence-corrected chi connectivity index (χ4v) is 1.84. The topological polar surface area (TPSA) is 43.4 Å². The van der Waals surface area contributed by atoms with Crippen LogP contribution in [0, 0.1) is 11.8 Å². The number of rotatable bonds is 2. The van der Waals surface area contributed by atoms with Crippen LogP contribution < -0.4 is 0 Å². The van der Waals surface area contributed by atoms with E-state index in [1.54, 1.807) is 0 Å². The summed E-state index contributed by atoms with van der Waals surface area (Å²) in [5.74, 6) is 0.00343. The van der Waals surface area contributed by atoms with E-state index in [2.05, 4.69) is 4.74 Å². The van der Waals surface area contributed by atoms with Gasteiger partial charge in [0.25, 0.3) is 0 Å².